The predicted molar refractivity (Wildman–Crippen MR) is 113 cm³/mol. The van der Waals surface area contributed by atoms with Gasteiger partial charge >= 0.3 is 13.1 Å². The molecule has 0 aliphatic carbocycles. The van der Waals surface area contributed by atoms with Crippen LogP contribution in [0, 0.1) is 0 Å². The zero-order chi connectivity index (χ0) is 21.5. The summed E-state index contributed by atoms with van der Waals surface area (Å²) < 4.78 is 22.7. The summed E-state index contributed by atoms with van der Waals surface area (Å²) in [5, 5.41) is 0.916. The number of ether oxygens (including phenoxy) is 2. The van der Waals surface area contributed by atoms with Crippen molar-refractivity contribution in [3.63, 3.8) is 0 Å². The number of methoxy groups -OCH3 is 1. The first-order valence-electron chi connectivity index (χ1n) is 9.66. The van der Waals surface area contributed by atoms with Crippen LogP contribution in [0.3, 0.4) is 0 Å². The Morgan fingerprint density at radius 3 is 2.33 bits per heavy atom. The minimum Gasteiger partial charge on any atom is -0.465 e. The van der Waals surface area contributed by atoms with Crippen LogP contribution >= 0.6 is 0 Å². The van der Waals surface area contributed by atoms with Crippen molar-refractivity contribution in [1.82, 2.24) is 9.97 Å². The van der Waals surface area contributed by atoms with Gasteiger partial charge in [0.15, 0.2) is 0 Å². The molecule has 0 unspecified atom stereocenters. The van der Waals surface area contributed by atoms with Gasteiger partial charge in [-0.2, -0.15) is 0 Å². The number of nitrogens with zero attached hydrogens (tertiary/aromatic N) is 2. The fourth-order valence-electron chi connectivity index (χ4n) is 3.10. The fourth-order valence-corrected chi connectivity index (χ4v) is 3.10. The molecule has 0 saturated carbocycles. The lowest BCUT2D eigenvalue weighted by Gasteiger charge is -2.32. The van der Waals surface area contributed by atoms with Crippen LogP contribution in [0.2, 0.25) is 0 Å². The van der Waals surface area contributed by atoms with Crippen LogP contribution in [0.5, 0.6) is 11.6 Å². The molecule has 0 radical (unpaired) electrons. The predicted octanol–water partition coefficient (Wildman–Crippen LogP) is 3.51. The van der Waals surface area contributed by atoms with Crippen LogP contribution in [0.1, 0.15) is 38.1 Å². The molecule has 4 rings (SSSR count). The monoisotopic (exact) mass is 406 g/mol. The first-order chi connectivity index (χ1) is 14.2. The number of carbonyl (C=O) groups excluding carboxylic acids is 1. The van der Waals surface area contributed by atoms with Crippen molar-refractivity contribution in [3.05, 3.63) is 54.4 Å². The number of pyridine rings is 2. The number of aromatic nitrogens is 2. The molecule has 0 N–H and O–H groups in total. The van der Waals surface area contributed by atoms with Gasteiger partial charge in [0.1, 0.15) is 5.75 Å². The number of fused-ring (bicyclic) bond motifs is 1. The number of hydrogen-bond donors (Lipinski definition) is 0. The van der Waals surface area contributed by atoms with Gasteiger partial charge in [-0.1, -0.05) is 12.1 Å². The van der Waals surface area contributed by atoms with Gasteiger partial charge in [-0.25, -0.2) is 9.78 Å². The zero-order valence-corrected chi connectivity index (χ0v) is 17.6. The standard InChI is InChI=1S/C22H23BN2O5/c1-21(2)22(3,4)30-23(29-21)16-8-6-14-10-17(13-24-18(14)11-16)28-19-9-7-15(12-25-19)20(26)27-5/h6-13H,1-5H3. The van der Waals surface area contributed by atoms with E-state index in [0.717, 1.165) is 16.4 Å². The normalized spacial score (nSPS) is 17.2. The summed E-state index contributed by atoms with van der Waals surface area (Å²) in [7, 11) is 0.890. The summed E-state index contributed by atoms with van der Waals surface area (Å²) in [5.41, 5.74) is 1.30. The molecule has 3 heterocycles. The molecule has 1 aromatic carbocycles. The summed E-state index contributed by atoms with van der Waals surface area (Å²) in [5.74, 6) is 0.459. The highest BCUT2D eigenvalue weighted by Crippen LogP contribution is 2.36. The Labute approximate surface area is 175 Å². The molecule has 0 bridgehead atoms. The minimum absolute atomic E-state index is 0.358. The van der Waals surface area contributed by atoms with Crippen LogP contribution in [-0.4, -0.2) is 41.4 Å². The molecule has 1 fully saturated rings. The van der Waals surface area contributed by atoms with E-state index < -0.39 is 24.3 Å². The first-order valence-corrected chi connectivity index (χ1v) is 9.66. The summed E-state index contributed by atoms with van der Waals surface area (Å²) >= 11 is 0. The summed E-state index contributed by atoms with van der Waals surface area (Å²) in [6, 6.07) is 11.0. The molecule has 1 saturated heterocycles. The Bertz CT molecular complexity index is 1080. The molecule has 2 aromatic heterocycles. The van der Waals surface area contributed by atoms with Gasteiger partial charge in [0, 0.05) is 17.6 Å². The summed E-state index contributed by atoms with van der Waals surface area (Å²) in [6.45, 7) is 8.12. The Morgan fingerprint density at radius 2 is 1.70 bits per heavy atom. The van der Waals surface area contributed by atoms with Crippen LogP contribution in [0.4, 0.5) is 0 Å². The molecule has 3 aromatic rings. The van der Waals surface area contributed by atoms with Crippen molar-refractivity contribution >= 4 is 29.5 Å². The van der Waals surface area contributed by atoms with Gasteiger partial charge < -0.3 is 18.8 Å². The Hall–Kier alpha value is -2.97. The van der Waals surface area contributed by atoms with Crippen molar-refractivity contribution in [1.29, 1.82) is 0 Å². The largest absolute Gasteiger partial charge is 0.494 e. The van der Waals surface area contributed by atoms with Gasteiger partial charge in [0.05, 0.1) is 35.6 Å². The Kier molecular flexibility index (Phi) is 4.99. The molecule has 1 aliphatic rings. The highest BCUT2D eigenvalue weighted by Gasteiger charge is 2.51. The smallest absolute Gasteiger partial charge is 0.465 e. The number of hydrogen-bond acceptors (Lipinski definition) is 7. The van der Waals surface area contributed by atoms with E-state index in [0.29, 0.717) is 17.2 Å². The fraction of sp³-hybridized carbons (Fsp3) is 0.318. The first kappa shape index (κ1) is 20.3. The summed E-state index contributed by atoms with van der Waals surface area (Å²) in [6.07, 6.45) is 3.04. The molecule has 30 heavy (non-hydrogen) atoms. The molecule has 1 aliphatic heterocycles. The molecular formula is C22H23BN2O5. The highest BCUT2D eigenvalue weighted by atomic mass is 16.7. The molecule has 0 spiro atoms. The van der Waals surface area contributed by atoms with Crippen molar-refractivity contribution < 1.29 is 23.6 Å². The van der Waals surface area contributed by atoms with Crippen molar-refractivity contribution in [3.8, 4) is 11.6 Å². The maximum absolute atomic E-state index is 11.5. The van der Waals surface area contributed by atoms with E-state index in [1.54, 1.807) is 18.3 Å². The van der Waals surface area contributed by atoms with Gasteiger partial charge in [0.25, 0.3) is 0 Å². The van der Waals surface area contributed by atoms with Crippen molar-refractivity contribution in [2.45, 2.75) is 38.9 Å². The molecule has 154 valence electrons. The van der Waals surface area contributed by atoms with Gasteiger partial charge in [-0.05, 0) is 51.4 Å². The van der Waals surface area contributed by atoms with E-state index in [4.69, 9.17) is 14.0 Å². The maximum atomic E-state index is 11.5. The third kappa shape index (κ3) is 3.76. The Balaban J connectivity index is 1.53. The van der Waals surface area contributed by atoms with Gasteiger partial charge in [-0.3, -0.25) is 4.98 Å². The number of esters is 1. The average molecular weight is 406 g/mol. The number of benzene rings is 1. The third-order valence-corrected chi connectivity index (χ3v) is 5.59. The van der Waals surface area contributed by atoms with E-state index in [1.165, 1.54) is 13.3 Å². The second-order valence-corrected chi connectivity index (χ2v) is 8.19. The van der Waals surface area contributed by atoms with E-state index in [9.17, 15) is 4.79 Å². The van der Waals surface area contributed by atoms with E-state index >= 15 is 0 Å². The van der Waals surface area contributed by atoms with Gasteiger partial charge in [0.2, 0.25) is 5.88 Å². The number of rotatable bonds is 4. The second kappa shape index (κ2) is 7.38. The van der Waals surface area contributed by atoms with E-state index in [2.05, 4.69) is 14.7 Å². The average Bonchev–Trinajstić information content (AvgIpc) is 2.94. The maximum Gasteiger partial charge on any atom is 0.494 e. The lowest BCUT2D eigenvalue weighted by molar-refractivity contribution is 0.00578. The van der Waals surface area contributed by atoms with Gasteiger partial charge in [-0.15, -0.1) is 0 Å². The quantitative estimate of drug-likeness (QED) is 0.485. The Morgan fingerprint density at radius 1 is 0.967 bits per heavy atom. The lowest BCUT2D eigenvalue weighted by Crippen LogP contribution is -2.41. The van der Waals surface area contributed by atoms with Crippen LogP contribution in [0.15, 0.2) is 48.8 Å². The van der Waals surface area contributed by atoms with E-state index in [1.807, 2.05) is 52.0 Å². The molecule has 8 heteroatoms. The van der Waals surface area contributed by atoms with Crippen LogP contribution in [-0.2, 0) is 14.0 Å². The summed E-state index contributed by atoms with van der Waals surface area (Å²) in [4.78, 5) is 20.1. The van der Waals surface area contributed by atoms with Crippen molar-refractivity contribution in [2.24, 2.45) is 0 Å². The van der Waals surface area contributed by atoms with Crippen LogP contribution in [0.25, 0.3) is 10.9 Å². The topological polar surface area (TPSA) is 79.8 Å². The molecule has 0 atom stereocenters. The highest BCUT2D eigenvalue weighted by molar-refractivity contribution is 6.62. The third-order valence-electron chi connectivity index (χ3n) is 5.59. The van der Waals surface area contributed by atoms with Crippen molar-refractivity contribution in [2.75, 3.05) is 7.11 Å². The zero-order valence-electron chi connectivity index (χ0n) is 17.6. The minimum atomic E-state index is -0.445. The SMILES string of the molecule is COC(=O)c1ccc(Oc2cnc3cc(B4OC(C)(C)C(C)(C)O4)ccc3c2)nc1. The van der Waals surface area contributed by atoms with E-state index in [-0.39, 0.29) is 0 Å². The molecule has 7 nitrogen and oxygen atoms in total. The number of carbonyl (C=O) groups is 1. The van der Waals surface area contributed by atoms with Crippen LogP contribution < -0.4 is 10.2 Å². The lowest BCUT2D eigenvalue weighted by atomic mass is 9.79. The molecular weight excluding hydrogens is 383 g/mol. The second-order valence-electron chi connectivity index (χ2n) is 8.19. The molecule has 0 amide bonds.